The van der Waals surface area contributed by atoms with Gasteiger partial charge in [0.25, 0.3) is 0 Å². The number of hydrogen-bond donors (Lipinski definition) is 2. The zero-order valence-corrected chi connectivity index (χ0v) is 8.89. The van der Waals surface area contributed by atoms with Crippen LogP contribution in [0.2, 0.25) is 0 Å². The molecule has 1 fully saturated rings. The van der Waals surface area contributed by atoms with E-state index in [0.29, 0.717) is 5.82 Å². The molecule has 0 aromatic carbocycles. The molecule has 6 nitrogen and oxygen atoms in total. The summed E-state index contributed by atoms with van der Waals surface area (Å²) in [5.74, 6) is -0.596. The first-order chi connectivity index (χ1) is 7.70. The number of aromatic nitrogens is 2. The van der Waals surface area contributed by atoms with Gasteiger partial charge < -0.3 is 15.7 Å². The third-order valence-electron chi connectivity index (χ3n) is 2.73. The quantitative estimate of drug-likeness (QED) is 0.767. The summed E-state index contributed by atoms with van der Waals surface area (Å²) in [5.41, 5.74) is 5.59. The van der Waals surface area contributed by atoms with E-state index in [1.165, 1.54) is 12.7 Å². The summed E-state index contributed by atoms with van der Waals surface area (Å²) >= 11 is 0. The molecule has 0 aliphatic carbocycles. The topological polar surface area (TPSA) is 92.3 Å². The first kappa shape index (κ1) is 10.7. The van der Waals surface area contributed by atoms with Crippen LogP contribution in [-0.4, -0.2) is 34.1 Å². The Kier molecular flexibility index (Phi) is 2.89. The van der Waals surface area contributed by atoms with Crippen LogP contribution >= 0.6 is 0 Å². The molecular weight excluding hydrogens is 208 g/mol. The number of carbonyl (C=O) groups is 1. The summed E-state index contributed by atoms with van der Waals surface area (Å²) in [6.07, 6.45) is 4.61. The summed E-state index contributed by atoms with van der Waals surface area (Å²) in [4.78, 5) is 20.8. The van der Waals surface area contributed by atoms with Crippen molar-refractivity contribution in [1.82, 2.24) is 9.97 Å². The lowest BCUT2D eigenvalue weighted by atomic mass is 10.1. The Labute approximate surface area is 93.1 Å². The van der Waals surface area contributed by atoms with Crippen molar-refractivity contribution in [3.05, 3.63) is 11.9 Å². The smallest absolute Gasteiger partial charge is 0.343 e. The van der Waals surface area contributed by atoms with E-state index in [-0.39, 0.29) is 11.4 Å². The van der Waals surface area contributed by atoms with Gasteiger partial charge in [-0.3, -0.25) is 0 Å². The predicted octanol–water partition coefficient (Wildman–Crippen LogP) is 0.747. The summed E-state index contributed by atoms with van der Waals surface area (Å²) in [6, 6.07) is 0. The molecule has 1 aliphatic rings. The monoisotopic (exact) mass is 222 g/mol. The van der Waals surface area contributed by atoms with Crippen LogP contribution in [0.3, 0.4) is 0 Å². The maximum atomic E-state index is 11.1. The maximum Gasteiger partial charge on any atom is 0.343 e. The highest BCUT2D eigenvalue weighted by Crippen LogP contribution is 2.24. The number of nitrogen functional groups attached to an aromatic ring is 1. The highest BCUT2D eigenvalue weighted by molar-refractivity contribution is 5.98. The lowest BCUT2D eigenvalue weighted by Crippen LogP contribution is -2.32. The molecule has 0 amide bonds. The van der Waals surface area contributed by atoms with E-state index in [2.05, 4.69) is 9.97 Å². The zero-order valence-electron chi connectivity index (χ0n) is 8.89. The third kappa shape index (κ3) is 1.91. The molecule has 6 heteroatoms. The molecular formula is C10H14N4O2. The Morgan fingerprint density at radius 2 is 2.00 bits per heavy atom. The number of hydrogen-bond acceptors (Lipinski definition) is 5. The predicted molar refractivity (Wildman–Crippen MR) is 59.5 cm³/mol. The van der Waals surface area contributed by atoms with Crippen LogP contribution in [0, 0.1) is 0 Å². The number of anilines is 2. The van der Waals surface area contributed by atoms with Crippen molar-refractivity contribution < 1.29 is 9.90 Å². The van der Waals surface area contributed by atoms with Gasteiger partial charge in [-0.15, -0.1) is 0 Å². The highest BCUT2D eigenvalue weighted by Gasteiger charge is 2.22. The van der Waals surface area contributed by atoms with E-state index in [1.54, 1.807) is 0 Å². The first-order valence-electron chi connectivity index (χ1n) is 5.29. The average molecular weight is 222 g/mol. The second-order valence-corrected chi connectivity index (χ2v) is 3.81. The SMILES string of the molecule is Nc1ncnc(N2CCCCC2)c1C(=O)O. The Hall–Kier alpha value is -1.85. The number of carboxylic acids is 1. The van der Waals surface area contributed by atoms with E-state index in [0.717, 1.165) is 25.9 Å². The molecule has 1 aliphatic heterocycles. The summed E-state index contributed by atoms with van der Waals surface area (Å²) in [5, 5.41) is 9.09. The molecule has 1 saturated heterocycles. The summed E-state index contributed by atoms with van der Waals surface area (Å²) in [6.45, 7) is 1.66. The van der Waals surface area contributed by atoms with Crippen LogP contribution < -0.4 is 10.6 Å². The van der Waals surface area contributed by atoms with Gasteiger partial charge in [0.15, 0.2) is 0 Å². The van der Waals surface area contributed by atoms with Crippen LogP contribution in [-0.2, 0) is 0 Å². The normalized spacial score (nSPS) is 16.1. The molecule has 0 atom stereocenters. The average Bonchev–Trinajstić information content (AvgIpc) is 2.29. The second-order valence-electron chi connectivity index (χ2n) is 3.81. The van der Waals surface area contributed by atoms with Crippen molar-refractivity contribution in [3.63, 3.8) is 0 Å². The molecule has 1 aromatic heterocycles. The molecule has 0 saturated carbocycles. The van der Waals surface area contributed by atoms with Gasteiger partial charge in [0.1, 0.15) is 23.5 Å². The molecule has 3 N–H and O–H groups in total. The van der Waals surface area contributed by atoms with Gasteiger partial charge in [0.2, 0.25) is 0 Å². The lowest BCUT2D eigenvalue weighted by molar-refractivity contribution is 0.0698. The largest absolute Gasteiger partial charge is 0.477 e. The minimum atomic E-state index is -1.07. The molecule has 0 spiro atoms. The number of piperidine rings is 1. The third-order valence-corrected chi connectivity index (χ3v) is 2.73. The minimum Gasteiger partial charge on any atom is -0.477 e. The van der Waals surface area contributed by atoms with E-state index in [9.17, 15) is 4.79 Å². The van der Waals surface area contributed by atoms with E-state index >= 15 is 0 Å². The molecule has 0 unspecified atom stereocenters. The fourth-order valence-corrected chi connectivity index (χ4v) is 1.94. The molecule has 0 bridgehead atoms. The van der Waals surface area contributed by atoms with Gasteiger partial charge in [-0.05, 0) is 19.3 Å². The molecule has 2 heterocycles. The van der Waals surface area contributed by atoms with E-state index in [4.69, 9.17) is 10.8 Å². The number of carboxylic acid groups (broad SMARTS) is 1. The number of rotatable bonds is 2. The second kappa shape index (κ2) is 4.34. The van der Waals surface area contributed by atoms with Gasteiger partial charge in [0, 0.05) is 13.1 Å². The fraction of sp³-hybridized carbons (Fsp3) is 0.500. The van der Waals surface area contributed by atoms with Crippen LogP contribution in [0.25, 0.3) is 0 Å². The number of aromatic carboxylic acids is 1. The van der Waals surface area contributed by atoms with Gasteiger partial charge in [0.05, 0.1) is 0 Å². The standard InChI is InChI=1S/C10H14N4O2/c11-8-7(10(15)16)9(13-6-12-8)14-4-2-1-3-5-14/h6H,1-5H2,(H,15,16)(H2,11,12,13). The molecule has 86 valence electrons. The fourth-order valence-electron chi connectivity index (χ4n) is 1.94. The van der Waals surface area contributed by atoms with Crippen LogP contribution in [0.4, 0.5) is 11.6 Å². The van der Waals surface area contributed by atoms with Crippen LogP contribution in [0.1, 0.15) is 29.6 Å². The first-order valence-corrected chi connectivity index (χ1v) is 5.29. The molecule has 1 aromatic rings. The Balaban J connectivity index is 2.38. The van der Waals surface area contributed by atoms with Crippen molar-refractivity contribution in [2.24, 2.45) is 0 Å². The van der Waals surface area contributed by atoms with Crippen LogP contribution in [0.5, 0.6) is 0 Å². The molecule has 16 heavy (non-hydrogen) atoms. The van der Waals surface area contributed by atoms with Crippen molar-refractivity contribution in [2.45, 2.75) is 19.3 Å². The number of nitrogens with zero attached hydrogens (tertiary/aromatic N) is 3. The van der Waals surface area contributed by atoms with E-state index < -0.39 is 5.97 Å². The summed E-state index contributed by atoms with van der Waals surface area (Å²) < 4.78 is 0. The molecule has 2 rings (SSSR count). The Morgan fingerprint density at radius 1 is 1.31 bits per heavy atom. The molecule has 0 radical (unpaired) electrons. The van der Waals surface area contributed by atoms with E-state index in [1.807, 2.05) is 4.90 Å². The number of nitrogens with two attached hydrogens (primary N) is 1. The lowest BCUT2D eigenvalue weighted by Gasteiger charge is -2.28. The Bertz CT molecular complexity index is 402. The van der Waals surface area contributed by atoms with Gasteiger partial charge in [-0.2, -0.15) is 0 Å². The minimum absolute atomic E-state index is 0.0180. The Morgan fingerprint density at radius 3 is 2.62 bits per heavy atom. The van der Waals surface area contributed by atoms with Gasteiger partial charge >= 0.3 is 5.97 Å². The zero-order chi connectivity index (χ0) is 11.5. The van der Waals surface area contributed by atoms with Crippen molar-refractivity contribution in [2.75, 3.05) is 23.7 Å². The van der Waals surface area contributed by atoms with Crippen molar-refractivity contribution in [3.8, 4) is 0 Å². The van der Waals surface area contributed by atoms with Gasteiger partial charge in [-0.25, -0.2) is 14.8 Å². The summed E-state index contributed by atoms with van der Waals surface area (Å²) in [7, 11) is 0. The van der Waals surface area contributed by atoms with Crippen molar-refractivity contribution in [1.29, 1.82) is 0 Å². The van der Waals surface area contributed by atoms with Crippen LogP contribution in [0.15, 0.2) is 6.33 Å². The van der Waals surface area contributed by atoms with Gasteiger partial charge in [-0.1, -0.05) is 0 Å². The highest BCUT2D eigenvalue weighted by atomic mass is 16.4. The van der Waals surface area contributed by atoms with Crippen molar-refractivity contribution >= 4 is 17.6 Å². The maximum absolute atomic E-state index is 11.1.